The number of carbonyl (C=O) groups is 1. The van der Waals surface area contributed by atoms with E-state index in [1.165, 1.54) is 0 Å². The SMILES string of the molecule is Cc1ncccc1C(=O)CCC#N. The first-order valence-electron chi connectivity index (χ1n) is 4.07. The molecule has 0 atom stereocenters. The lowest BCUT2D eigenvalue weighted by Crippen LogP contribution is -2.02. The molecule has 0 unspecified atom stereocenters. The summed E-state index contributed by atoms with van der Waals surface area (Å²) < 4.78 is 0. The summed E-state index contributed by atoms with van der Waals surface area (Å²) in [5.74, 6) is -0.00727. The van der Waals surface area contributed by atoms with Crippen LogP contribution in [0.15, 0.2) is 18.3 Å². The quantitative estimate of drug-likeness (QED) is 0.657. The van der Waals surface area contributed by atoms with E-state index < -0.39 is 0 Å². The van der Waals surface area contributed by atoms with Crippen molar-refractivity contribution in [3.05, 3.63) is 29.6 Å². The number of nitrogens with zero attached hydrogens (tertiary/aromatic N) is 2. The second-order valence-corrected chi connectivity index (χ2v) is 2.72. The highest BCUT2D eigenvalue weighted by Crippen LogP contribution is 2.07. The number of aryl methyl sites for hydroxylation is 1. The molecule has 1 rings (SSSR count). The van der Waals surface area contributed by atoms with Crippen LogP contribution in [0.4, 0.5) is 0 Å². The smallest absolute Gasteiger partial charge is 0.165 e. The Morgan fingerprint density at radius 2 is 2.46 bits per heavy atom. The number of Topliss-reactive ketones (excluding diaryl/α,β-unsaturated/α-hetero) is 1. The highest BCUT2D eigenvalue weighted by molar-refractivity contribution is 5.97. The molecule has 0 radical (unpaired) electrons. The summed E-state index contributed by atoms with van der Waals surface area (Å²) in [6.45, 7) is 1.79. The molecule has 1 aromatic rings. The van der Waals surface area contributed by atoms with E-state index >= 15 is 0 Å². The predicted molar refractivity (Wildman–Crippen MR) is 48.2 cm³/mol. The third-order valence-corrected chi connectivity index (χ3v) is 1.77. The van der Waals surface area contributed by atoms with Crippen LogP contribution < -0.4 is 0 Å². The zero-order chi connectivity index (χ0) is 9.68. The molecule has 0 aliphatic carbocycles. The van der Waals surface area contributed by atoms with Crippen LogP contribution in [-0.4, -0.2) is 10.8 Å². The van der Waals surface area contributed by atoms with Gasteiger partial charge in [-0.25, -0.2) is 0 Å². The summed E-state index contributed by atoms with van der Waals surface area (Å²) in [4.78, 5) is 15.4. The standard InChI is InChI=1S/C10H10N2O/c1-8-9(4-3-7-12-8)10(13)5-2-6-11/h3-4,7H,2,5H2,1H3. The second-order valence-electron chi connectivity index (χ2n) is 2.72. The molecule has 0 bridgehead atoms. The third-order valence-electron chi connectivity index (χ3n) is 1.77. The molecule has 13 heavy (non-hydrogen) atoms. The third kappa shape index (κ3) is 2.38. The minimum Gasteiger partial charge on any atom is -0.294 e. The van der Waals surface area contributed by atoms with Crippen LogP contribution in [0.2, 0.25) is 0 Å². The van der Waals surface area contributed by atoms with E-state index in [4.69, 9.17) is 5.26 Å². The van der Waals surface area contributed by atoms with Crippen LogP contribution in [0, 0.1) is 18.3 Å². The van der Waals surface area contributed by atoms with Crippen molar-refractivity contribution in [3.63, 3.8) is 0 Å². The zero-order valence-electron chi connectivity index (χ0n) is 7.45. The van der Waals surface area contributed by atoms with Gasteiger partial charge < -0.3 is 0 Å². The average Bonchev–Trinajstić information content (AvgIpc) is 2.15. The van der Waals surface area contributed by atoms with Crippen molar-refractivity contribution in [2.45, 2.75) is 19.8 Å². The summed E-state index contributed by atoms with van der Waals surface area (Å²) in [5.41, 5.74) is 1.35. The number of nitriles is 1. The summed E-state index contributed by atoms with van der Waals surface area (Å²) in [7, 11) is 0. The number of pyridine rings is 1. The molecule has 0 amide bonds. The zero-order valence-corrected chi connectivity index (χ0v) is 7.45. The molecular formula is C10H10N2O. The fraction of sp³-hybridized carbons (Fsp3) is 0.300. The van der Waals surface area contributed by atoms with Gasteiger partial charge in [0.2, 0.25) is 0 Å². The van der Waals surface area contributed by atoms with Gasteiger partial charge in [0.05, 0.1) is 6.07 Å². The van der Waals surface area contributed by atoms with E-state index in [1.807, 2.05) is 6.07 Å². The molecule has 0 saturated carbocycles. The van der Waals surface area contributed by atoms with Gasteiger partial charge in [-0.15, -0.1) is 0 Å². The normalized spacial score (nSPS) is 9.23. The van der Waals surface area contributed by atoms with Gasteiger partial charge in [0.1, 0.15) is 0 Å². The topological polar surface area (TPSA) is 53.8 Å². The Bertz CT molecular complexity index is 352. The Morgan fingerprint density at radius 3 is 3.08 bits per heavy atom. The lowest BCUT2D eigenvalue weighted by molar-refractivity contribution is 0.0983. The molecular weight excluding hydrogens is 164 g/mol. The molecule has 3 nitrogen and oxygen atoms in total. The highest BCUT2D eigenvalue weighted by Gasteiger charge is 2.07. The summed E-state index contributed by atoms with van der Waals surface area (Å²) in [6, 6.07) is 5.41. The van der Waals surface area contributed by atoms with E-state index in [1.54, 1.807) is 25.3 Å². The molecule has 1 aromatic heterocycles. The summed E-state index contributed by atoms with van der Waals surface area (Å²) >= 11 is 0. The van der Waals surface area contributed by atoms with Gasteiger partial charge in [-0.3, -0.25) is 9.78 Å². The fourth-order valence-electron chi connectivity index (χ4n) is 1.08. The molecule has 66 valence electrons. The predicted octanol–water partition coefficient (Wildman–Crippen LogP) is 1.88. The Kier molecular flexibility index (Phi) is 3.15. The molecule has 0 aliphatic rings. The van der Waals surface area contributed by atoms with Crippen molar-refractivity contribution in [2.24, 2.45) is 0 Å². The molecule has 0 spiro atoms. The van der Waals surface area contributed by atoms with Gasteiger partial charge in [0.25, 0.3) is 0 Å². The Hall–Kier alpha value is -1.69. The Balaban J connectivity index is 2.78. The second kappa shape index (κ2) is 4.36. The lowest BCUT2D eigenvalue weighted by Gasteiger charge is -2.00. The maximum atomic E-state index is 11.4. The number of hydrogen-bond acceptors (Lipinski definition) is 3. The first-order chi connectivity index (χ1) is 6.25. The van der Waals surface area contributed by atoms with E-state index in [2.05, 4.69) is 4.98 Å². The van der Waals surface area contributed by atoms with E-state index in [-0.39, 0.29) is 18.6 Å². The van der Waals surface area contributed by atoms with Crippen LogP contribution in [0.25, 0.3) is 0 Å². The van der Waals surface area contributed by atoms with Crippen LogP contribution in [0.5, 0.6) is 0 Å². The lowest BCUT2D eigenvalue weighted by atomic mass is 10.1. The van der Waals surface area contributed by atoms with Gasteiger partial charge in [0, 0.05) is 30.3 Å². The minimum absolute atomic E-state index is 0.00727. The molecule has 0 fully saturated rings. The highest BCUT2D eigenvalue weighted by atomic mass is 16.1. The van der Waals surface area contributed by atoms with Crippen LogP contribution in [0.1, 0.15) is 28.9 Å². The first-order valence-corrected chi connectivity index (χ1v) is 4.07. The number of hydrogen-bond donors (Lipinski definition) is 0. The maximum absolute atomic E-state index is 11.4. The van der Waals surface area contributed by atoms with Crippen molar-refractivity contribution in [1.82, 2.24) is 4.98 Å². The molecule has 0 aromatic carbocycles. The molecule has 0 aliphatic heterocycles. The molecule has 0 saturated heterocycles. The molecule has 1 heterocycles. The average molecular weight is 174 g/mol. The van der Waals surface area contributed by atoms with E-state index in [9.17, 15) is 4.79 Å². The monoisotopic (exact) mass is 174 g/mol. The van der Waals surface area contributed by atoms with Gasteiger partial charge in [-0.05, 0) is 19.1 Å². The van der Waals surface area contributed by atoms with E-state index in [0.29, 0.717) is 5.56 Å². The summed E-state index contributed by atoms with van der Waals surface area (Å²) in [6.07, 6.45) is 2.20. The van der Waals surface area contributed by atoms with Crippen LogP contribution >= 0.6 is 0 Å². The largest absolute Gasteiger partial charge is 0.294 e. The van der Waals surface area contributed by atoms with Crippen molar-refractivity contribution >= 4 is 5.78 Å². The Labute approximate surface area is 77.0 Å². The van der Waals surface area contributed by atoms with Gasteiger partial charge in [-0.2, -0.15) is 5.26 Å². The van der Waals surface area contributed by atoms with Crippen LogP contribution in [0.3, 0.4) is 0 Å². The fourth-order valence-corrected chi connectivity index (χ4v) is 1.08. The minimum atomic E-state index is -0.00727. The molecule has 0 N–H and O–H groups in total. The maximum Gasteiger partial charge on any atom is 0.165 e. The van der Waals surface area contributed by atoms with Gasteiger partial charge >= 0.3 is 0 Å². The van der Waals surface area contributed by atoms with E-state index in [0.717, 1.165) is 5.69 Å². The van der Waals surface area contributed by atoms with Crippen molar-refractivity contribution < 1.29 is 4.79 Å². The van der Waals surface area contributed by atoms with Crippen LogP contribution in [-0.2, 0) is 0 Å². The number of carbonyl (C=O) groups excluding carboxylic acids is 1. The van der Waals surface area contributed by atoms with Crippen molar-refractivity contribution in [3.8, 4) is 6.07 Å². The van der Waals surface area contributed by atoms with Gasteiger partial charge in [-0.1, -0.05) is 0 Å². The van der Waals surface area contributed by atoms with Crippen molar-refractivity contribution in [1.29, 1.82) is 5.26 Å². The van der Waals surface area contributed by atoms with Gasteiger partial charge in [0.15, 0.2) is 5.78 Å². The first kappa shape index (κ1) is 9.40. The number of ketones is 1. The Morgan fingerprint density at radius 1 is 1.69 bits per heavy atom. The number of rotatable bonds is 3. The summed E-state index contributed by atoms with van der Waals surface area (Å²) in [5, 5.41) is 8.31. The van der Waals surface area contributed by atoms with Crippen molar-refractivity contribution in [2.75, 3.05) is 0 Å². The molecule has 3 heteroatoms. The number of aromatic nitrogens is 1.